The van der Waals surface area contributed by atoms with Gasteiger partial charge in [0.05, 0.1) is 33.1 Å². The lowest BCUT2D eigenvalue weighted by Crippen LogP contribution is -2.18. The normalized spacial score (nSPS) is 11.6. The zero-order valence-electron chi connectivity index (χ0n) is 45.6. The number of para-hydroxylation sites is 9. The standard InChI is InChI=1S/C76H52N8/c1-7-25-53(26-8-1)79(54-27-9-2-10-28-54)59-44-48-72-67(49-59)64-39-21-24-42-70(64)84(72)76-77-74(80(55-29-11-3-12-30-55)60-45-47-71-66(50-60)63-38-20-23-41-69(63)82(71)57-33-15-5-16-34-57)52-75(78-76)81(56-31-13-4-14-32-56)61-43-46-65-62-37-19-22-40-68(62)83(73(65)51-61)58-35-17-6-18-36-58/h1-52H. The highest BCUT2D eigenvalue weighted by molar-refractivity contribution is 6.13. The summed E-state index contributed by atoms with van der Waals surface area (Å²) in [5.41, 5.74) is 15.6. The first-order valence-corrected chi connectivity index (χ1v) is 28.4. The van der Waals surface area contributed by atoms with Crippen molar-refractivity contribution in [3.8, 4) is 17.3 Å². The fourth-order valence-electron chi connectivity index (χ4n) is 12.5. The number of rotatable bonds is 12. The van der Waals surface area contributed by atoms with Crippen molar-refractivity contribution >= 4 is 117 Å². The first kappa shape index (κ1) is 48.4. The minimum atomic E-state index is 0.521. The average molecular weight is 1080 g/mol. The predicted molar refractivity (Wildman–Crippen MR) is 349 cm³/mol. The Hall–Kier alpha value is -11.5. The van der Waals surface area contributed by atoms with Gasteiger partial charge in [0.2, 0.25) is 5.95 Å². The van der Waals surface area contributed by atoms with Crippen LogP contribution in [0.2, 0.25) is 0 Å². The van der Waals surface area contributed by atoms with Crippen molar-refractivity contribution in [1.29, 1.82) is 0 Å². The van der Waals surface area contributed by atoms with Crippen LogP contribution in [0.1, 0.15) is 0 Å². The summed E-state index contributed by atoms with van der Waals surface area (Å²) in [5, 5.41) is 6.82. The Bertz CT molecular complexity index is 5040. The molecule has 0 spiro atoms. The molecule has 4 heterocycles. The van der Waals surface area contributed by atoms with Crippen LogP contribution in [0, 0.1) is 0 Å². The van der Waals surface area contributed by atoms with E-state index in [4.69, 9.17) is 9.97 Å². The third-order valence-corrected chi connectivity index (χ3v) is 16.2. The van der Waals surface area contributed by atoms with Crippen LogP contribution in [-0.4, -0.2) is 23.7 Å². The average Bonchev–Trinajstić information content (AvgIpc) is 2.96. The molecular formula is C76H52N8. The first-order chi connectivity index (χ1) is 41.7. The lowest BCUT2D eigenvalue weighted by atomic mass is 10.1. The Morgan fingerprint density at radius 1 is 0.202 bits per heavy atom. The summed E-state index contributed by atoms with van der Waals surface area (Å²) in [6.45, 7) is 0. The summed E-state index contributed by atoms with van der Waals surface area (Å²) in [7, 11) is 0. The van der Waals surface area contributed by atoms with Crippen molar-refractivity contribution in [2.45, 2.75) is 0 Å². The summed E-state index contributed by atoms with van der Waals surface area (Å²) in [6.07, 6.45) is 0. The van der Waals surface area contributed by atoms with E-state index in [-0.39, 0.29) is 0 Å². The molecule has 84 heavy (non-hydrogen) atoms. The summed E-state index contributed by atoms with van der Waals surface area (Å²) >= 11 is 0. The SMILES string of the molecule is c1ccc(N(c2ccccc2)c2ccc3c(c2)c2ccccc2n3-c2nc(N(c3ccccc3)c3ccc4c(c3)c3ccccc3n4-c3ccccc3)cc(N(c3ccccc3)c3ccc4c5ccccc5n(-c5ccccc5)c4c3)n2)cc1. The molecule has 0 atom stereocenters. The van der Waals surface area contributed by atoms with E-state index in [1.165, 1.54) is 5.39 Å². The van der Waals surface area contributed by atoms with Gasteiger partial charge in [-0.15, -0.1) is 0 Å². The third-order valence-electron chi connectivity index (χ3n) is 16.2. The van der Waals surface area contributed by atoms with E-state index in [0.717, 1.165) is 111 Å². The molecule has 0 saturated heterocycles. The molecule has 0 bridgehead atoms. The summed E-state index contributed by atoms with van der Waals surface area (Å²) in [6, 6.07) is 112. The topological polar surface area (TPSA) is 50.3 Å². The second-order valence-corrected chi connectivity index (χ2v) is 21.1. The molecule has 0 N–H and O–H groups in total. The van der Waals surface area contributed by atoms with Crippen molar-refractivity contribution in [3.63, 3.8) is 0 Å². The number of nitrogens with zero attached hydrogens (tertiary/aromatic N) is 8. The highest BCUT2D eigenvalue weighted by atomic mass is 15.3. The van der Waals surface area contributed by atoms with Crippen LogP contribution in [0.4, 0.5) is 51.4 Å². The molecule has 0 aliphatic rings. The van der Waals surface area contributed by atoms with Gasteiger partial charge in [0.15, 0.2) is 0 Å². The van der Waals surface area contributed by atoms with Gasteiger partial charge in [-0.05, 0) is 140 Å². The zero-order valence-corrected chi connectivity index (χ0v) is 45.6. The van der Waals surface area contributed by atoms with E-state index >= 15 is 0 Å². The molecular weight excluding hydrogens is 1020 g/mol. The molecule has 12 aromatic carbocycles. The number of fused-ring (bicyclic) bond motifs is 9. The molecule has 4 aromatic heterocycles. The molecule has 0 fully saturated rings. The minimum Gasteiger partial charge on any atom is -0.310 e. The monoisotopic (exact) mass is 1080 g/mol. The molecule has 8 heteroatoms. The van der Waals surface area contributed by atoms with Crippen LogP contribution >= 0.6 is 0 Å². The van der Waals surface area contributed by atoms with Crippen molar-refractivity contribution in [3.05, 3.63) is 315 Å². The number of benzene rings is 12. The Balaban J connectivity index is 0.971. The van der Waals surface area contributed by atoms with Crippen molar-refractivity contribution in [2.75, 3.05) is 14.7 Å². The summed E-state index contributed by atoms with van der Waals surface area (Å²) < 4.78 is 6.98. The molecule has 16 rings (SSSR count). The third kappa shape index (κ3) is 8.15. The molecule has 8 nitrogen and oxygen atoms in total. The second-order valence-electron chi connectivity index (χ2n) is 21.1. The predicted octanol–water partition coefficient (Wildman–Crippen LogP) is 20.2. The minimum absolute atomic E-state index is 0.521. The fourth-order valence-corrected chi connectivity index (χ4v) is 12.5. The lowest BCUT2D eigenvalue weighted by molar-refractivity contribution is 0.968. The highest BCUT2D eigenvalue weighted by Gasteiger charge is 2.26. The number of hydrogen-bond donors (Lipinski definition) is 0. The Labute approximate surface area is 485 Å². The Kier molecular flexibility index (Phi) is 11.7. The molecule has 0 aliphatic heterocycles. The lowest BCUT2D eigenvalue weighted by Gasteiger charge is -2.29. The van der Waals surface area contributed by atoms with Crippen molar-refractivity contribution in [1.82, 2.24) is 23.7 Å². The van der Waals surface area contributed by atoms with Crippen LogP contribution in [-0.2, 0) is 0 Å². The van der Waals surface area contributed by atoms with Gasteiger partial charge >= 0.3 is 0 Å². The number of anilines is 9. The largest absolute Gasteiger partial charge is 0.310 e. The van der Waals surface area contributed by atoms with Crippen LogP contribution in [0.15, 0.2) is 315 Å². The maximum absolute atomic E-state index is 5.81. The Morgan fingerprint density at radius 3 is 0.976 bits per heavy atom. The molecule has 0 aliphatic carbocycles. The van der Waals surface area contributed by atoms with Gasteiger partial charge in [-0.3, -0.25) is 14.4 Å². The quantitative estimate of drug-likeness (QED) is 0.122. The van der Waals surface area contributed by atoms with Crippen LogP contribution < -0.4 is 14.7 Å². The van der Waals surface area contributed by atoms with Crippen LogP contribution in [0.5, 0.6) is 0 Å². The smallest absolute Gasteiger partial charge is 0.238 e. The molecule has 16 aromatic rings. The first-order valence-electron chi connectivity index (χ1n) is 28.4. The Morgan fingerprint density at radius 2 is 0.512 bits per heavy atom. The van der Waals surface area contributed by atoms with E-state index in [9.17, 15) is 0 Å². The maximum atomic E-state index is 5.81. The second kappa shape index (κ2) is 20.3. The molecule has 0 unspecified atom stereocenters. The molecule has 0 amide bonds. The van der Waals surface area contributed by atoms with E-state index in [2.05, 4.69) is 344 Å². The van der Waals surface area contributed by atoms with Gasteiger partial charge in [0.25, 0.3) is 0 Å². The molecule has 0 saturated carbocycles. The maximum Gasteiger partial charge on any atom is 0.238 e. The van der Waals surface area contributed by atoms with Crippen molar-refractivity contribution in [2.24, 2.45) is 0 Å². The van der Waals surface area contributed by atoms with Gasteiger partial charge in [0.1, 0.15) is 11.6 Å². The zero-order chi connectivity index (χ0) is 55.5. The van der Waals surface area contributed by atoms with Crippen LogP contribution in [0.3, 0.4) is 0 Å². The molecule has 396 valence electrons. The molecule has 0 radical (unpaired) electrons. The van der Waals surface area contributed by atoms with E-state index in [0.29, 0.717) is 17.6 Å². The highest BCUT2D eigenvalue weighted by Crippen LogP contribution is 2.45. The van der Waals surface area contributed by atoms with Gasteiger partial charge in [-0.25, -0.2) is 0 Å². The van der Waals surface area contributed by atoms with Gasteiger partial charge < -0.3 is 14.0 Å². The summed E-state index contributed by atoms with van der Waals surface area (Å²) in [4.78, 5) is 18.5. The fraction of sp³-hybridized carbons (Fsp3) is 0. The number of aromatic nitrogens is 5. The van der Waals surface area contributed by atoms with Crippen molar-refractivity contribution < 1.29 is 0 Å². The van der Waals surface area contributed by atoms with Gasteiger partial charge in [0, 0.05) is 89.6 Å². The van der Waals surface area contributed by atoms with E-state index < -0.39 is 0 Å². The number of hydrogen-bond acceptors (Lipinski definition) is 5. The summed E-state index contributed by atoms with van der Waals surface area (Å²) in [5.74, 6) is 1.90. The van der Waals surface area contributed by atoms with Gasteiger partial charge in [-0.2, -0.15) is 9.97 Å². The van der Waals surface area contributed by atoms with Crippen LogP contribution in [0.25, 0.3) is 82.7 Å². The van der Waals surface area contributed by atoms with E-state index in [1.807, 2.05) is 0 Å². The van der Waals surface area contributed by atoms with Gasteiger partial charge in [-0.1, -0.05) is 170 Å². The van der Waals surface area contributed by atoms with E-state index in [1.54, 1.807) is 0 Å².